The van der Waals surface area contributed by atoms with E-state index in [9.17, 15) is 9.18 Å². The summed E-state index contributed by atoms with van der Waals surface area (Å²) in [7, 11) is 2.09. The van der Waals surface area contributed by atoms with E-state index < -0.39 is 17.8 Å². The van der Waals surface area contributed by atoms with Crippen molar-refractivity contribution in [3.63, 3.8) is 0 Å². The molecular weight excluding hydrogens is 505 g/mol. The molecule has 0 bridgehead atoms. The van der Waals surface area contributed by atoms with Crippen LogP contribution in [0.3, 0.4) is 0 Å². The Labute approximate surface area is 225 Å². The summed E-state index contributed by atoms with van der Waals surface area (Å²) in [4.78, 5) is 27.1. The highest BCUT2D eigenvalue weighted by Crippen LogP contribution is 2.44. The quantitative estimate of drug-likeness (QED) is 0.475. The van der Waals surface area contributed by atoms with Crippen LogP contribution in [-0.2, 0) is 4.79 Å². The molecule has 6 rings (SSSR count). The number of rotatable bonds is 6. The zero-order chi connectivity index (χ0) is 27.1. The number of likely N-dealkylation sites (N-methyl/N-ethyl adjacent to an activating group) is 1. The number of ether oxygens (including phenoxy) is 3. The minimum Gasteiger partial charge on any atom is -0.481 e. The highest BCUT2D eigenvalue weighted by molar-refractivity contribution is 5.90. The molecule has 5 heterocycles. The summed E-state index contributed by atoms with van der Waals surface area (Å²) in [5.74, 6) is -0.362. The Hall–Kier alpha value is -3.93. The second-order valence-electron chi connectivity index (χ2n) is 10.3. The monoisotopic (exact) mass is 537 g/mol. The van der Waals surface area contributed by atoms with Crippen LogP contribution < -0.4 is 19.1 Å². The molecule has 11 nitrogen and oxygen atoms in total. The van der Waals surface area contributed by atoms with Crippen molar-refractivity contribution in [2.24, 2.45) is 0 Å². The molecule has 2 atom stereocenters. The van der Waals surface area contributed by atoms with E-state index >= 15 is 0 Å². The van der Waals surface area contributed by atoms with Crippen LogP contribution in [0.1, 0.15) is 30.1 Å². The first-order valence-electron chi connectivity index (χ1n) is 13.2. The van der Waals surface area contributed by atoms with Crippen molar-refractivity contribution >= 4 is 22.6 Å². The molecule has 12 heteroatoms. The van der Waals surface area contributed by atoms with Gasteiger partial charge < -0.3 is 28.9 Å². The van der Waals surface area contributed by atoms with E-state index in [2.05, 4.69) is 33.7 Å². The number of hydrogen-bond acceptors (Lipinski definition) is 9. The van der Waals surface area contributed by atoms with Gasteiger partial charge in [-0.3, -0.25) is 9.89 Å². The number of aryl methyl sites for hydroxylation is 1. The number of hydrogen-bond donors (Lipinski definition) is 1. The van der Waals surface area contributed by atoms with Gasteiger partial charge in [-0.25, -0.2) is 4.39 Å². The minimum absolute atomic E-state index is 0.210. The average molecular weight is 538 g/mol. The highest BCUT2D eigenvalue weighted by Gasteiger charge is 2.34. The predicted molar refractivity (Wildman–Crippen MR) is 142 cm³/mol. The molecule has 0 aliphatic carbocycles. The number of fused-ring (bicyclic) bond motifs is 2. The number of nitrogens with zero attached hydrogens (tertiary/aromatic N) is 6. The number of nitrogens with one attached hydrogen (secondary N) is 1. The van der Waals surface area contributed by atoms with Gasteiger partial charge in [0, 0.05) is 43.2 Å². The van der Waals surface area contributed by atoms with E-state index in [1.165, 1.54) is 4.90 Å². The number of anilines is 1. The first-order chi connectivity index (χ1) is 18.9. The maximum atomic E-state index is 13.4. The standard InChI is InChI=1S/C27H32FN7O4/c1-16-6-7-20-19(13-29-32-20)22(16)21-15-37-23-24(34-9-11-35(12-10-34)26(36)17(2)28)30-27(31-25(23)39-21)38-14-18-5-4-8-33(18)3/h6-7,13,18,21H,2,4-5,8-12,14-15H2,1,3H3,(H,29,32)/t18-,21?/m0/s1. The Morgan fingerprint density at radius 2 is 2.05 bits per heavy atom. The number of halogens is 1. The van der Waals surface area contributed by atoms with E-state index in [1.54, 1.807) is 6.20 Å². The van der Waals surface area contributed by atoms with Crippen molar-refractivity contribution in [1.29, 1.82) is 0 Å². The van der Waals surface area contributed by atoms with Crippen LogP contribution in [0.15, 0.2) is 30.7 Å². The van der Waals surface area contributed by atoms with E-state index in [4.69, 9.17) is 19.2 Å². The third-order valence-electron chi connectivity index (χ3n) is 7.81. The van der Waals surface area contributed by atoms with Gasteiger partial charge in [-0.05, 0) is 45.0 Å². The second kappa shape index (κ2) is 10.3. The number of likely N-dealkylation sites (tertiary alicyclic amines) is 1. The summed E-state index contributed by atoms with van der Waals surface area (Å²) in [5.41, 5.74) is 2.97. The summed E-state index contributed by atoms with van der Waals surface area (Å²) in [6, 6.07) is 4.53. The van der Waals surface area contributed by atoms with Crippen LogP contribution >= 0.6 is 0 Å². The molecule has 3 aromatic rings. The van der Waals surface area contributed by atoms with Crippen LogP contribution in [0, 0.1) is 6.92 Å². The second-order valence-corrected chi connectivity index (χ2v) is 10.3. The molecule has 2 aromatic heterocycles. The Balaban J connectivity index is 1.30. The van der Waals surface area contributed by atoms with Crippen LogP contribution in [-0.4, -0.2) is 94.9 Å². The van der Waals surface area contributed by atoms with Crippen molar-refractivity contribution in [3.05, 3.63) is 41.9 Å². The number of amides is 1. The van der Waals surface area contributed by atoms with Crippen molar-refractivity contribution < 1.29 is 23.4 Å². The molecule has 0 saturated carbocycles. The van der Waals surface area contributed by atoms with Crippen LogP contribution in [0.5, 0.6) is 17.6 Å². The predicted octanol–water partition coefficient (Wildman–Crippen LogP) is 2.78. The summed E-state index contributed by atoms with van der Waals surface area (Å²) in [6.07, 6.45) is 3.58. The average Bonchev–Trinajstić information content (AvgIpc) is 3.59. The fourth-order valence-corrected chi connectivity index (χ4v) is 5.58. The number of aromatic nitrogens is 4. The SMILES string of the molecule is C=C(F)C(=O)N1CCN(c2nc(OC[C@@H]3CCCN3C)nc3c2OCC(c2c(C)ccc4[nH]ncc24)O3)CC1. The van der Waals surface area contributed by atoms with Gasteiger partial charge in [0.1, 0.15) is 13.2 Å². The lowest BCUT2D eigenvalue weighted by Gasteiger charge is -2.37. The van der Waals surface area contributed by atoms with Gasteiger partial charge in [0.15, 0.2) is 17.7 Å². The molecule has 2 fully saturated rings. The third kappa shape index (κ3) is 4.84. The Morgan fingerprint density at radius 3 is 2.79 bits per heavy atom. The normalized spacial score (nSPS) is 21.4. The van der Waals surface area contributed by atoms with E-state index in [1.807, 2.05) is 24.0 Å². The number of piperazine rings is 1. The fraction of sp³-hybridized carbons (Fsp3) is 0.481. The number of aromatic amines is 1. The van der Waals surface area contributed by atoms with Gasteiger partial charge in [0.05, 0.1) is 11.7 Å². The first kappa shape index (κ1) is 25.4. The zero-order valence-corrected chi connectivity index (χ0v) is 22.2. The highest BCUT2D eigenvalue weighted by atomic mass is 19.1. The van der Waals surface area contributed by atoms with Crippen molar-refractivity contribution in [2.45, 2.75) is 31.9 Å². The molecule has 3 aliphatic rings. The number of carbonyl (C=O) groups is 1. The van der Waals surface area contributed by atoms with Gasteiger partial charge in [-0.1, -0.05) is 12.6 Å². The summed E-state index contributed by atoms with van der Waals surface area (Å²) >= 11 is 0. The first-order valence-corrected chi connectivity index (χ1v) is 13.2. The van der Waals surface area contributed by atoms with Crippen molar-refractivity contribution in [3.8, 4) is 17.6 Å². The molecule has 1 aromatic carbocycles. The lowest BCUT2D eigenvalue weighted by molar-refractivity contribution is -0.128. The lowest BCUT2D eigenvalue weighted by atomic mass is 9.99. The third-order valence-corrected chi connectivity index (χ3v) is 7.81. The maximum Gasteiger partial charge on any atom is 0.322 e. The van der Waals surface area contributed by atoms with Gasteiger partial charge in [0.25, 0.3) is 11.8 Å². The molecule has 1 amide bonds. The Bertz CT molecular complexity index is 1400. The van der Waals surface area contributed by atoms with Gasteiger partial charge >= 0.3 is 6.01 Å². The number of H-pyrrole nitrogens is 1. The van der Waals surface area contributed by atoms with Crippen molar-refractivity contribution in [2.75, 3.05) is 57.9 Å². The van der Waals surface area contributed by atoms with Crippen molar-refractivity contribution in [1.82, 2.24) is 30.0 Å². The van der Waals surface area contributed by atoms with Crippen LogP contribution in [0.2, 0.25) is 0 Å². The number of benzene rings is 1. The van der Waals surface area contributed by atoms with Crippen LogP contribution in [0.25, 0.3) is 10.9 Å². The summed E-state index contributed by atoms with van der Waals surface area (Å²) in [5, 5.41) is 8.18. The molecule has 2 saturated heterocycles. The van der Waals surface area contributed by atoms with Gasteiger partial charge in [-0.15, -0.1) is 0 Å². The molecule has 0 radical (unpaired) electrons. The maximum absolute atomic E-state index is 13.4. The van der Waals surface area contributed by atoms with E-state index in [0.717, 1.165) is 41.4 Å². The molecule has 39 heavy (non-hydrogen) atoms. The number of carbonyl (C=O) groups excluding carboxylic acids is 1. The molecule has 206 valence electrons. The smallest absolute Gasteiger partial charge is 0.322 e. The van der Waals surface area contributed by atoms with Crippen LogP contribution in [0.4, 0.5) is 10.2 Å². The molecule has 3 aliphatic heterocycles. The minimum atomic E-state index is -0.957. The van der Waals surface area contributed by atoms with E-state index in [0.29, 0.717) is 56.3 Å². The summed E-state index contributed by atoms with van der Waals surface area (Å²) in [6.45, 7) is 8.47. The summed E-state index contributed by atoms with van der Waals surface area (Å²) < 4.78 is 32.3. The topological polar surface area (TPSA) is 109 Å². The molecule has 0 spiro atoms. The fourth-order valence-electron chi connectivity index (χ4n) is 5.58. The Kier molecular flexibility index (Phi) is 6.71. The molecular formula is C27H32FN7O4. The van der Waals surface area contributed by atoms with Gasteiger partial charge in [-0.2, -0.15) is 15.1 Å². The zero-order valence-electron chi connectivity index (χ0n) is 22.2. The largest absolute Gasteiger partial charge is 0.481 e. The molecule has 1 unspecified atom stereocenters. The lowest BCUT2D eigenvalue weighted by Crippen LogP contribution is -2.49. The Morgan fingerprint density at radius 1 is 1.23 bits per heavy atom. The van der Waals surface area contributed by atoms with E-state index in [-0.39, 0.29) is 12.6 Å². The molecule has 1 N–H and O–H groups in total. The van der Waals surface area contributed by atoms with Gasteiger partial charge in [0.2, 0.25) is 5.75 Å².